The van der Waals surface area contributed by atoms with Gasteiger partial charge in [0.25, 0.3) is 0 Å². The summed E-state index contributed by atoms with van der Waals surface area (Å²) >= 11 is 0. The molecule has 0 fully saturated rings. The Hall–Kier alpha value is -7.85. The number of aliphatic hydroxyl groups excluding tert-OH is 1. The second kappa shape index (κ2) is 58.8. The summed E-state index contributed by atoms with van der Waals surface area (Å²) in [6.07, 6.45) is 9.05. The molecule has 4 unspecified atom stereocenters. The highest BCUT2D eigenvalue weighted by molar-refractivity contribution is 5.87. The molecular formula is C65H108N4O21. The molecular weight excluding hydrogens is 1170 g/mol. The number of aliphatic hydroxyl groups is 1. The van der Waals surface area contributed by atoms with E-state index in [1.54, 1.807) is 27.7 Å². The molecule has 0 heterocycles. The number of unbranched alkanes of at least 4 members (excludes halogenated alkanes) is 3. The molecule has 0 aliphatic heterocycles. The van der Waals surface area contributed by atoms with Crippen LogP contribution in [0.2, 0.25) is 0 Å². The maximum atomic E-state index is 11.6. The molecule has 0 spiro atoms. The third kappa shape index (κ3) is 56.6. The summed E-state index contributed by atoms with van der Waals surface area (Å²) in [7, 11) is 0. The molecule has 2 N–H and O–H groups in total. The average molecular weight is 1280 g/mol. The van der Waals surface area contributed by atoms with Gasteiger partial charge < -0.3 is 62.6 Å². The van der Waals surface area contributed by atoms with Crippen molar-refractivity contribution in [1.82, 2.24) is 5.32 Å². The highest BCUT2D eigenvalue weighted by Crippen LogP contribution is 2.23. The fraction of sp³-hybridized carbons (Fsp3) is 0.708. The summed E-state index contributed by atoms with van der Waals surface area (Å²) in [6, 6.07) is 1.90. The van der Waals surface area contributed by atoms with Gasteiger partial charge in [0, 0.05) is 24.1 Å². The molecule has 90 heavy (non-hydrogen) atoms. The van der Waals surface area contributed by atoms with Crippen LogP contribution < -0.4 is 5.32 Å². The predicted molar refractivity (Wildman–Crippen MR) is 337 cm³/mol. The second-order valence-electron chi connectivity index (χ2n) is 21.6. The third-order valence-electron chi connectivity index (χ3n) is 12.7. The Morgan fingerprint density at radius 3 is 1.34 bits per heavy atom. The van der Waals surface area contributed by atoms with Crippen LogP contribution in [0.4, 0.5) is 4.79 Å². The van der Waals surface area contributed by atoms with Gasteiger partial charge in [0.15, 0.2) is 0 Å². The zero-order valence-electron chi connectivity index (χ0n) is 56.8. The van der Waals surface area contributed by atoms with E-state index >= 15 is 0 Å². The van der Waals surface area contributed by atoms with Crippen molar-refractivity contribution in [2.45, 2.75) is 188 Å². The van der Waals surface area contributed by atoms with Gasteiger partial charge in [-0.15, -0.1) is 0 Å². The Labute approximate surface area is 536 Å². The van der Waals surface area contributed by atoms with Crippen molar-refractivity contribution in [3.05, 3.63) is 60.3 Å². The SMILES string of the molecule is C=C(C)C(=O)OCC(O)COC(=O)C(C)CC.C=CC(=O)OCCNC(=O)OCCOC(=O)C(C)CC.C=CC(=O)OCCOC(=O)C(C)(C)CC.CCC(C)C(=O)OCCC#N.[C-]#[N+]CCCCCCOC(=O)C(C)(C)CC.[C-]#[N+]COC(=O)C(C)(C)CC. The number of ether oxygens (including phenoxy) is 10. The van der Waals surface area contributed by atoms with E-state index in [0.717, 1.165) is 57.1 Å². The molecule has 514 valence electrons. The van der Waals surface area contributed by atoms with Gasteiger partial charge in [-0.3, -0.25) is 33.6 Å². The number of nitriles is 1. The first-order valence-electron chi connectivity index (χ1n) is 30.2. The van der Waals surface area contributed by atoms with Gasteiger partial charge >= 0.3 is 66.5 Å². The quantitative estimate of drug-likeness (QED) is 0.0192. The summed E-state index contributed by atoms with van der Waals surface area (Å²) in [5, 5.41) is 19.9. The van der Waals surface area contributed by atoms with Crippen molar-refractivity contribution in [2.24, 2.45) is 34.0 Å². The smallest absolute Gasteiger partial charge is 0.407 e. The van der Waals surface area contributed by atoms with Crippen LogP contribution in [-0.4, -0.2) is 150 Å². The first-order valence-corrected chi connectivity index (χ1v) is 30.2. The van der Waals surface area contributed by atoms with Gasteiger partial charge in [0.1, 0.15) is 59.0 Å². The van der Waals surface area contributed by atoms with Crippen LogP contribution in [-0.2, 0) is 90.5 Å². The zero-order valence-corrected chi connectivity index (χ0v) is 56.8. The normalized spacial score (nSPS) is 11.4. The van der Waals surface area contributed by atoms with Crippen LogP contribution >= 0.6 is 0 Å². The number of nitrogens with one attached hydrogen (secondary N) is 1. The minimum Gasteiger partial charge on any atom is -0.465 e. The molecule has 1 amide bonds. The van der Waals surface area contributed by atoms with Crippen molar-refractivity contribution in [1.29, 1.82) is 5.26 Å². The van der Waals surface area contributed by atoms with E-state index in [4.69, 9.17) is 51.6 Å². The van der Waals surface area contributed by atoms with Gasteiger partial charge in [-0.1, -0.05) is 82.1 Å². The molecule has 0 rings (SSSR count). The Morgan fingerprint density at radius 1 is 0.533 bits per heavy atom. The Kier molecular flexibility index (Phi) is 61.0. The lowest BCUT2D eigenvalue weighted by atomic mass is 9.91. The van der Waals surface area contributed by atoms with E-state index in [0.29, 0.717) is 32.4 Å². The lowest BCUT2D eigenvalue weighted by molar-refractivity contribution is -0.158. The lowest BCUT2D eigenvalue weighted by Crippen LogP contribution is -2.29. The monoisotopic (exact) mass is 1280 g/mol. The van der Waals surface area contributed by atoms with Crippen molar-refractivity contribution in [3.8, 4) is 6.07 Å². The van der Waals surface area contributed by atoms with E-state index in [1.807, 2.05) is 82.2 Å². The van der Waals surface area contributed by atoms with Crippen LogP contribution in [0, 0.1) is 58.5 Å². The summed E-state index contributed by atoms with van der Waals surface area (Å²) < 4.78 is 48.1. The maximum absolute atomic E-state index is 11.6. The average Bonchev–Trinajstić information content (AvgIpc) is 3.66. The Morgan fingerprint density at radius 2 is 0.922 bits per heavy atom. The van der Waals surface area contributed by atoms with Crippen LogP contribution in [0.3, 0.4) is 0 Å². The van der Waals surface area contributed by atoms with Crippen LogP contribution in [0.1, 0.15) is 181 Å². The molecule has 0 saturated heterocycles. The first kappa shape index (κ1) is 93.3. The largest absolute Gasteiger partial charge is 0.465 e. The molecule has 0 aliphatic rings. The minimum atomic E-state index is -1.01. The number of rotatable bonds is 37. The van der Waals surface area contributed by atoms with E-state index in [1.165, 1.54) is 6.92 Å². The first-order chi connectivity index (χ1) is 42.1. The molecule has 25 heteroatoms. The minimum absolute atomic E-state index is 0.0159. The highest BCUT2D eigenvalue weighted by Gasteiger charge is 2.29. The van der Waals surface area contributed by atoms with Gasteiger partial charge in [-0.25, -0.2) is 32.3 Å². The lowest BCUT2D eigenvalue weighted by Gasteiger charge is -2.20. The molecule has 0 bridgehead atoms. The molecule has 0 aromatic rings. The van der Waals surface area contributed by atoms with E-state index in [-0.39, 0.29) is 137 Å². The zero-order chi connectivity index (χ0) is 70.7. The van der Waals surface area contributed by atoms with Gasteiger partial charge in [0.05, 0.1) is 59.6 Å². The number of amides is 1. The molecule has 25 nitrogen and oxygen atoms in total. The summed E-state index contributed by atoms with van der Waals surface area (Å²) in [5.74, 6) is -3.60. The molecule has 0 aliphatic carbocycles. The molecule has 0 radical (unpaired) electrons. The van der Waals surface area contributed by atoms with Crippen molar-refractivity contribution < 1.29 is 100 Å². The van der Waals surface area contributed by atoms with Crippen molar-refractivity contribution in [3.63, 3.8) is 0 Å². The number of hydrogen-bond acceptors (Lipinski definition) is 22. The number of nitrogens with zero attached hydrogens (tertiary/aromatic N) is 3. The second-order valence-corrected chi connectivity index (χ2v) is 21.6. The number of carbonyl (C=O) groups excluding carboxylic acids is 10. The number of carbonyl (C=O) groups is 10. The molecule has 4 atom stereocenters. The molecule has 0 saturated carbocycles. The predicted octanol–water partition coefficient (Wildman–Crippen LogP) is 10.6. The fourth-order valence-electron chi connectivity index (χ4n) is 4.59. The summed E-state index contributed by atoms with van der Waals surface area (Å²) in [6.45, 7) is 53.4. The van der Waals surface area contributed by atoms with E-state index in [9.17, 15) is 53.1 Å². The van der Waals surface area contributed by atoms with Gasteiger partial charge in [-0.05, 0) is 106 Å². The third-order valence-corrected chi connectivity index (χ3v) is 12.7. The maximum Gasteiger partial charge on any atom is 0.407 e. The van der Waals surface area contributed by atoms with Crippen LogP contribution in [0.15, 0.2) is 37.5 Å². The van der Waals surface area contributed by atoms with Crippen LogP contribution in [0.5, 0.6) is 0 Å². The standard InChI is InChI=1S/C13H21NO6.C13H23NO2.C12H20O5.C11H18O4.2C8H13NO2/c1-4-10(3)12(16)19-8-9-20-13(17)14-6-7-18-11(15)5-2;1-5-13(2,3)12(15)16-11-9-7-6-8-10-14-4;1-5-9(4)12(15)17-7-10(13)6-16-11(14)8(2)3;1-5-9(12)14-7-8-15-10(13)11(3,4)6-2;1-5-8(2,3)7(10)11-6-9-4;1-3-7(2)8(10)11-6-4-5-9/h5,10H,2,4,6-9H2,1,3H3,(H,14,17);5-11H2,1-3H3;9-10,13H,2,5-7H2,1,3-4H3;5H,1,6-8H2,2-4H3;5-6H2,1-3H3;7H,3-4,6H2,1-2H3. The number of esters is 9. The number of alkyl carbamates (subject to hydrolysis) is 1. The molecule has 0 aromatic carbocycles. The van der Waals surface area contributed by atoms with E-state index < -0.39 is 40.9 Å². The van der Waals surface area contributed by atoms with Gasteiger partial charge in [0.2, 0.25) is 6.54 Å². The Bertz CT molecular complexity index is 2240. The van der Waals surface area contributed by atoms with Crippen molar-refractivity contribution >= 4 is 59.8 Å². The highest BCUT2D eigenvalue weighted by atomic mass is 16.6. The van der Waals surface area contributed by atoms with Crippen molar-refractivity contribution in [2.75, 3.05) is 79.3 Å². The Balaban J connectivity index is -0.000000238. The summed E-state index contributed by atoms with van der Waals surface area (Å²) in [4.78, 5) is 117. The molecule has 0 aromatic heterocycles. The van der Waals surface area contributed by atoms with Crippen LogP contribution in [0.25, 0.3) is 9.69 Å². The topological polar surface area (TPSA) is 328 Å². The van der Waals surface area contributed by atoms with Gasteiger partial charge in [-0.2, -0.15) is 5.26 Å². The van der Waals surface area contributed by atoms with E-state index in [2.05, 4.69) is 49.0 Å². The number of hydrogen-bond donors (Lipinski definition) is 2. The fourth-order valence-corrected chi connectivity index (χ4v) is 4.59. The summed E-state index contributed by atoms with van der Waals surface area (Å²) in [5.41, 5.74) is -1.04.